The molecule has 1 amide bonds. The molecule has 0 saturated carbocycles. The lowest BCUT2D eigenvalue weighted by Gasteiger charge is -2.21. The Hall–Kier alpha value is -4.31. The predicted molar refractivity (Wildman–Crippen MR) is 139 cm³/mol. The van der Waals surface area contributed by atoms with Crippen LogP contribution in [0.2, 0.25) is 0 Å². The molecule has 0 fully saturated rings. The van der Waals surface area contributed by atoms with Gasteiger partial charge in [0, 0.05) is 51.7 Å². The highest BCUT2D eigenvalue weighted by Crippen LogP contribution is 2.27. The SMILES string of the molecule is CCNc1ncc2c(n1)N(C)CCN(c1cccc(-n3cc(CNCc4ccccc4)nn3)c1)C2=O. The topological polar surface area (TPSA) is 104 Å². The molecule has 3 heterocycles. The zero-order valence-electron chi connectivity index (χ0n) is 20.4. The lowest BCUT2D eigenvalue weighted by Crippen LogP contribution is -2.33. The van der Waals surface area contributed by atoms with E-state index in [4.69, 9.17) is 0 Å². The van der Waals surface area contributed by atoms with Gasteiger partial charge in [-0.25, -0.2) is 9.67 Å². The van der Waals surface area contributed by atoms with E-state index in [0.29, 0.717) is 43.5 Å². The summed E-state index contributed by atoms with van der Waals surface area (Å²) in [6.45, 7) is 5.23. The minimum atomic E-state index is -0.126. The molecule has 0 unspecified atom stereocenters. The third-order valence-corrected chi connectivity index (χ3v) is 6.02. The molecular formula is C26H29N9O. The summed E-state index contributed by atoms with van der Waals surface area (Å²) in [6, 6.07) is 18.0. The van der Waals surface area contributed by atoms with Crippen molar-refractivity contribution in [2.45, 2.75) is 20.0 Å². The van der Waals surface area contributed by atoms with Crippen molar-refractivity contribution in [3.05, 3.63) is 83.8 Å². The molecule has 0 atom stereocenters. The van der Waals surface area contributed by atoms with Gasteiger partial charge in [0.05, 0.1) is 17.6 Å². The Kier molecular flexibility index (Phi) is 6.85. The van der Waals surface area contributed by atoms with Gasteiger partial charge in [-0.05, 0) is 30.7 Å². The number of likely N-dealkylation sites (N-methyl/N-ethyl adjacent to an activating group) is 1. The average molecular weight is 484 g/mol. The predicted octanol–water partition coefficient (Wildman–Crippen LogP) is 2.88. The minimum absolute atomic E-state index is 0.126. The molecule has 1 aliphatic rings. The third-order valence-electron chi connectivity index (χ3n) is 6.02. The van der Waals surface area contributed by atoms with Gasteiger partial charge in [0.1, 0.15) is 11.4 Å². The maximum Gasteiger partial charge on any atom is 0.263 e. The Morgan fingerprint density at radius 1 is 1.00 bits per heavy atom. The number of carbonyl (C=O) groups excluding carboxylic acids is 1. The van der Waals surface area contributed by atoms with E-state index in [-0.39, 0.29) is 5.91 Å². The highest BCUT2D eigenvalue weighted by Gasteiger charge is 2.28. The summed E-state index contributed by atoms with van der Waals surface area (Å²) < 4.78 is 1.73. The number of anilines is 3. The monoisotopic (exact) mass is 483 g/mol. The molecule has 10 heteroatoms. The molecule has 4 aromatic rings. The fourth-order valence-electron chi connectivity index (χ4n) is 4.15. The molecule has 2 aromatic heterocycles. The Bertz CT molecular complexity index is 1340. The summed E-state index contributed by atoms with van der Waals surface area (Å²) in [5.41, 5.74) is 4.16. The van der Waals surface area contributed by atoms with Crippen LogP contribution in [0, 0.1) is 0 Å². The summed E-state index contributed by atoms with van der Waals surface area (Å²) in [6.07, 6.45) is 3.51. The Balaban J connectivity index is 1.32. The molecule has 184 valence electrons. The number of aromatic nitrogens is 5. The molecule has 10 nitrogen and oxygen atoms in total. The van der Waals surface area contributed by atoms with Gasteiger partial charge in [-0.3, -0.25) is 4.79 Å². The molecule has 0 spiro atoms. The second-order valence-electron chi connectivity index (χ2n) is 8.60. The van der Waals surface area contributed by atoms with E-state index in [1.165, 1.54) is 5.56 Å². The van der Waals surface area contributed by atoms with Crippen molar-refractivity contribution in [1.29, 1.82) is 0 Å². The molecule has 2 aromatic carbocycles. The standard InChI is InChI=1S/C26H29N9O/c1-3-28-26-29-17-23-24(30-26)33(2)12-13-34(25(23)36)21-10-7-11-22(14-21)35-18-20(31-32-35)16-27-15-19-8-5-4-6-9-19/h4-11,14,17-18,27H,3,12-13,15-16H2,1-2H3,(H,28,29,30). The fraction of sp³-hybridized carbons (Fsp3) is 0.269. The van der Waals surface area contributed by atoms with Gasteiger partial charge >= 0.3 is 0 Å². The van der Waals surface area contributed by atoms with Crippen molar-refractivity contribution in [3.63, 3.8) is 0 Å². The van der Waals surface area contributed by atoms with Gasteiger partial charge in [0.2, 0.25) is 5.95 Å². The Labute approximate surface area is 210 Å². The maximum atomic E-state index is 13.5. The number of nitrogens with zero attached hydrogens (tertiary/aromatic N) is 7. The van der Waals surface area contributed by atoms with E-state index < -0.39 is 0 Å². The van der Waals surface area contributed by atoms with Crippen LogP contribution in [0.25, 0.3) is 5.69 Å². The minimum Gasteiger partial charge on any atom is -0.357 e. The van der Waals surface area contributed by atoms with Crippen LogP contribution >= 0.6 is 0 Å². The number of benzene rings is 2. The van der Waals surface area contributed by atoms with Crippen molar-refractivity contribution in [2.24, 2.45) is 0 Å². The van der Waals surface area contributed by atoms with E-state index in [9.17, 15) is 4.79 Å². The van der Waals surface area contributed by atoms with E-state index in [0.717, 1.165) is 23.6 Å². The molecule has 0 saturated heterocycles. The number of fused-ring (bicyclic) bond motifs is 1. The van der Waals surface area contributed by atoms with Crippen molar-refractivity contribution in [1.82, 2.24) is 30.3 Å². The second-order valence-corrected chi connectivity index (χ2v) is 8.60. The van der Waals surface area contributed by atoms with Crippen LogP contribution in [0.15, 0.2) is 67.0 Å². The summed E-state index contributed by atoms with van der Waals surface area (Å²) in [5.74, 6) is 1.03. The number of hydrogen-bond acceptors (Lipinski definition) is 8. The van der Waals surface area contributed by atoms with E-state index in [1.807, 2.05) is 67.5 Å². The third kappa shape index (κ3) is 5.03. The lowest BCUT2D eigenvalue weighted by atomic mass is 10.2. The molecule has 36 heavy (non-hydrogen) atoms. The summed E-state index contributed by atoms with van der Waals surface area (Å²) >= 11 is 0. The summed E-state index contributed by atoms with van der Waals surface area (Å²) in [7, 11) is 1.94. The fourth-order valence-corrected chi connectivity index (χ4v) is 4.15. The van der Waals surface area contributed by atoms with Crippen LogP contribution in [-0.4, -0.2) is 57.6 Å². The van der Waals surface area contributed by atoms with Crippen LogP contribution in [-0.2, 0) is 13.1 Å². The van der Waals surface area contributed by atoms with Crippen LogP contribution in [0.3, 0.4) is 0 Å². The van der Waals surface area contributed by atoms with Crippen molar-refractivity contribution in [2.75, 3.05) is 41.8 Å². The quantitative estimate of drug-likeness (QED) is 0.394. The van der Waals surface area contributed by atoms with Gasteiger partial charge in [0.25, 0.3) is 5.91 Å². The normalized spacial score (nSPS) is 13.4. The molecule has 1 aliphatic heterocycles. The molecular weight excluding hydrogens is 454 g/mol. The Morgan fingerprint density at radius 2 is 1.83 bits per heavy atom. The first-order valence-corrected chi connectivity index (χ1v) is 12.0. The number of nitrogens with one attached hydrogen (secondary N) is 2. The molecule has 0 bridgehead atoms. The van der Waals surface area contributed by atoms with Gasteiger partial charge < -0.3 is 20.4 Å². The van der Waals surface area contributed by atoms with Crippen LogP contribution < -0.4 is 20.4 Å². The van der Waals surface area contributed by atoms with Crippen molar-refractivity contribution >= 4 is 23.4 Å². The van der Waals surface area contributed by atoms with Crippen molar-refractivity contribution < 1.29 is 4.79 Å². The van der Waals surface area contributed by atoms with E-state index >= 15 is 0 Å². The highest BCUT2D eigenvalue weighted by atomic mass is 16.2. The number of hydrogen-bond donors (Lipinski definition) is 2. The smallest absolute Gasteiger partial charge is 0.263 e. The van der Waals surface area contributed by atoms with Crippen LogP contribution in [0.1, 0.15) is 28.5 Å². The lowest BCUT2D eigenvalue weighted by molar-refractivity contribution is 0.0989. The van der Waals surface area contributed by atoms with E-state index in [1.54, 1.807) is 15.8 Å². The number of carbonyl (C=O) groups is 1. The second kappa shape index (κ2) is 10.5. The number of rotatable bonds is 8. The van der Waals surface area contributed by atoms with Crippen LogP contribution in [0.5, 0.6) is 0 Å². The molecule has 0 radical (unpaired) electrons. The average Bonchev–Trinajstić information content (AvgIpc) is 3.34. The molecule has 0 aliphatic carbocycles. The first-order valence-electron chi connectivity index (χ1n) is 12.0. The summed E-state index contributed by atoms with van der Waals surface area (Å²) in [5, 5.41) is 15.1. The zero-order valence-corrected chi connectivity index (χ0v) is 20.4. The Morgan fingerprint density at radius 3 is 2.67 bits per heavy atom. The maximum absolute atomic E-state index is 13.5. The summed E-state index contributed by atoms with van der Waals surface area (Å²) in [4.78, 5) is 26.1. The van der Waals surface area contributed by atoms with Gasteiger partial charge in [0.15, 0.2) is 0 Å². The first-order chi connectivity index (χ1) is 17.6. The molecule has 2 N–H and O–H groups in total. The molecule has 5 rings (SSSR count). The first kappa shape index (κ1) is 23.4. The van der Waals surface area contributed by atoms with Gasteiger partial charge in [-0.15, -0.1) is 5.10 Å². The van der Waals surface area contributed by atoms with Gasteiger partial charge in [-0.1, -0.05) is 41.6 Å². The number of amides is 1. The van der Waals surface area contributed by atoms with Crippen molar-refractivity contribution in [3.8, 4) is 5.69 Å². The van der Waals surface area contributed by atoms with Crippen LogP contribution in [0.4, 0.5) is 17.5 Å². The van der Waals surface area contributed by atoms with Gasteiger partial charge in [-0.2, -0.15) is 4.98 Å². The highest BCUT2D eigenvalue weighted by molar-refractivity contribution is 6.09. The largest absolute Gasteiger partial charge is 0.357 e. The van der Waals surface area contributed by atoms with E-state index in [2.05, 4.69) is 43.0 Å². The zero-order chi connectivity index (χ0) is 24.9.